The highest BCUT2D eigenvalue weighted by molar-refractivity contribution is 4.83. The van der Waals surface area contributed by atoms with E-state index < -0.39 is 0 Å². The van der Waals surface area contributed by atoms with Gasteiger partial charge in [0.15, 0.2) is 0 Å². The van der Waals surface area contributed by atoms with Crippen LogP contribution in [0.2, 0.25) is 0 Å². The van der Waals surface area contributed by atoms with Crippen LogP contribution in [-0.4, -0.2) is 36.6 Å². The molecule has 0 aromatic carbocycles. The zero-order valence-corrected chi connectivity index (χ0v) is 11.8. The summed E-state index contributed by atoms with van der Waals surface area (Å²) in [5, 5.41) is 3.72. The Balaban J connectivity index is 1.85. The molecule has 0 radical (unpaired) electrons. The summed E-state index contributed by atoms with van der Waals surface area (Å²) in [7, 11) is 0. The predicted octanol–water partition coefficient (Wildman–Crippen LogP) is 3.03. The van der Waals surface area contributed by atoms with Gasteiger partial charge in [-0.1, -0.05) is 26.7 Å². The molecule has 17 heavy (non-hydrogen) atoms. The number of hydrogen-bond donors (Lipinski definition) is 1. The van der Waals surface area contributed by atoms with Crippen molar-refractivity contribution < 1.29 is 0 Å². The van der Waals surface area contributed by atoms with Gasteiger partial charge in [0, 0.05) is 18.6 Å². The van der Waals surface area contributed by atoms with Crippen LogP contribution in [0.3, 0.4) is 0 Å². The number of hydrogen-bond acceptors (Lipinski definition) is 2. The minimum absolute atomic E-state index is 0.755. The van der Waals surface area contributed by atoms with Crippen LogP contribution in [0.15, 0.2) is 0 Å². The Hall–Kier alpha value is -0.0800. The second-order valence-electron chi connectivity index (χ2n) is 6.19. The van der Waals surface area contributed by atoms with Crippen molar-refractivity contribution in [3.05, 3.63) is 0 Å². The average molecular weight is 238 g/mol. The molecule has 0 aromatic rings. The lowest BCUT2D eigenvalue weighted by molar-refractivity contribution is 0.155. The van der Waals surface area contributed by atoms with Crippen LogP contribution in [0.25, 0.3) is 0 Å². The van der Waals surface area contributed by atoms with Gasteiger partial charge in [-0.05, 0) is 51.1 Å². The van der Waals surface area contributed by atoms with E-state index in [-0.39, 0.29) is 0 Å². The van der Waals surface area contributed by atoms with Crippen molar-refractivity contribution >= 4 is 0 Å². The van der Waals surface area contributed by atoms with Gasteiger partial charge in [-0.3, -0.25) is 4.90 Å². The third-order valence-electron chi connectivity index (χ3n) is 4.68. The Bertz CT molecular complexity index is 217. The zero-order chi connectivity index (χ0) is 12.1. The van der Waals surface area contributed by atoms with Crippen LogP contribution in [0.5, 0.6) is 0 Å². The lowest BCUT2D eigenvalue weighted by atomic mass is 9.93. The molecule has 0 aliphatic carbocycles. The van der Waals surface area contributed by atoms with Crippen LogP contribution in [0.4, 0.5) is 0 Å². The van der Waals surface area contributed by atoms with Gasteiger partial charge in [-0.15, -0.1) is 0 Å². The molecule has 2 saturated heterocycles. The molecule has 0 aromatic heterocycles. The van der Waals surface area contributed by atoms with Crippen molar-refractivity contribution in [3.63, 3.8) is 0 Å². The summed E-state index contributed by atoms with van der Waals surface area (Å²) in [6.45, 7) is 8.64. The summed E-state index contributed by atoms with van der Waals surface area (Å²) < 4.78 is 0. The van der Waals surface area contributed by atoms with Crippen molar-refractivity contribution in [2.24, 2.45) is 5.92 Å². The first-order chi connectivity index (χ1) is 8.29. The smallest absolute Gasteiger partial charge is 0.0197 e. The standard InChI is InChI=1S/C15H30N2/c1-3-15-7-5-4-6-10-17(15)12-14-11-13(2)8-9-16-14/h13-16H,3-12H2,1-2H3. The summed E-state index contributed by atoms with van der Waals surface area (Å²) in [6.07, 6.45) is 9.82. The first kappa shape index (κ1) is 13.4. The number of nitrogens with zero attached hydrogens (tertiary/aromatic N) is 1. The maximum atomic E-state index is 3.72. The lowest BCUT2D eigenvalue weighted by Gasteiger charge is -2.36. The largest absolute Gasteiger partial charge is 0.313 e. The zero-order valence-electron chi connectivity index (χ0n) is 11.8. The topological polar surface area (TPSA) is 15.3 Å². The van der Waals surface area contributed by atoms with E-state index in [4.69, 9.17) is 0 Å². The fraction of sp³-hybridized carbons (Fsp3) is 1.00. The highest BCUT2D eigenvalue weighted by atomic mass is 15.2. The maximum Gasteiger partial charge on any atom is 0.0197 e. The molecule has 2 heterocycles. The van der Waals surface area contributed by atoms with Gasteiger partial charge in [0.25, 0.3) is 0 Å². The molecule has 0 saturated carbocycles. The van der Waals surface area contributed by atoms with Gasteiger partial charge >= 0.3 is 0 Å². The molecule has 2 heteroatoms. The molecular weight excluding hydrogens is 208 g/mol. The molecule has 0 amide bonds. The Kier molecular flexibility index (Phi) is 5.30. The van der Waals surface area contributed by atoms with E-state index in [0.717, 1.165) is 18.0 Å². The Morgan fingerprint density at radius 2 is 2.06 bits per heavy atom. The second kappa shape index (κ2) is 6.75. The Labute approximate surface area is 107 Å². The fourth-order valence-electron chi connectivity index (χ4n) is 3.58. The number of rotatable bonds is 3. The lowest BCUT2D eigenvalue weighted by Crippen LogP contribution is -2.48. The first-order valence-electron chi connectivity index (χ1n) is 7.77. The third-order valence-corrected chi connectivity index (χ3v) is 4.68. The predicted molar refractivity (Wildman–Crippen MR) is 74.3 cm³/mol. The Morgan fingerprint density at radius 1 is 1.18 bits per heavy atom. The molecule has 2 aliphatic heterocycles. The fourth-order valence-corrected chi connectivity index (χ4v) is 3.58. The Morgan fingerprint density at radius 3 is 2.82 bits per heavy atom. The highest BCUT2D eigenvalue weighted by Crippen LogP contribution is 2.22. The quantitative estimate of drug-likeness (QED) is 0.813. The van der Waals surface area contributed by atoms with Crippen LogP contribution in [0, 0.1) is 5.92 Å². The molecule has 100 valence electrons. The summed E-state index contributed by atoms with van der Waals surface area (Å²) in [5.74, 6) is 0.924. The molecule has 0 spiro atoms. The summed E-state index contributed by atoms with van der Waals surface area (Å²) >= 11 is 0. The molecule has 2 nitrogen and oxygen atoms in total. The van der Waals surface area contributed by atoms with E-state index in [2.05, 4.69) is 24.1 Å². The number of piperidine rings is 1. The van der Waals surface area contributed by atoms with Crippen LogP contribution in [-0.2, 0) is 0 Å². The molecule has 2 fully saturated rings. The molecule has 2 aliphatic rings. The van der Waals surface area contributed by atoms with Crippen LogP contribution >= 0.6 is 0 Å². The molecular formula is C15H30N2. The molecule has 3 atom stereocenters. The van der Waals surface area contributed by atoms with Gasteiger partial charge in [0.2, 0.25) is 0 Å². The van der Waals surface area contributed by atoms with E-state index in [9.17, 15) is 0 Å². The van der Waals surface area contributed by atoms with Crippen molar-refractivity contribution in [2.45, 2.75) is 70.9 Å². The molecule has 3 unspecified atom stereocenters. The summed E-state index contributed by atoms with van der Waals surface area (Å²) in [6, 6.07) is 1.61. The van der Waals surface area contributed by atoms with Crippen molar-refractivity contribution in [1.82, 2.24) is 10.2 Å². The van der Waals surface area contributed by atoms with Gasteiger partial charge in [0.05, 0.1) is 0 Å². The average Bonchev–Trinajstić information content (AvgIpc) is 2.54. The maximum absolute atomic E-state index is 3.72. The number of likely N-dealkylation sites (tertiary alicyclic amines) is 1. The van der Waals surface area contributed by atoms with Crippen molar-refractivity contribution in [1.29, 1.82) is 0 Å². The minimum atomic E-state index is 0.755. The number of nitrogens with one attached hydrogen (secondary N) is 1. The van der Waals surface area contributed by atoms with Crippen LogP contribution in [0.1, 0.15) is 58.8 Å². The second-order valence-corrected chi connectivity index (χ2v) is 6.19. The van der Waals surface area contributed by atoms with E-state index in [1.54, 1.807) is 0 Å². The molecule has 0 bridgehead atoms. The normalized spacial score (nSPS) is 36.7. The van der Waals surface area contributed by atoms with E-state index >= 15 is 0 Å². The van der Waals surface area contributed by atoms with E-state index in [1.807, 2.05) is 0 Å². The minimum Gasteiger partial charge on any atom is -0.313 e. The monoisotopic (exact) mass is 238 g/mol. The SMILES string of the molecule is CCC1CCCCCN1CC1CC(C)CCN1. The molecule has 2 rings (SSSR count). The van der Waals surface area contributed by atoms with Gasteiger partial charge < -0.3 is 5.32 Å². The molecule has 1 N–H and O–H groups in total. The van der Waals surface area contributed by atoms with Gasteiger partial charge in [-0.2, -0.15) is 0 Å². The third kappa shape index (κ3) is 3.96. The summed E-state index contributed by atoms with van der Waals surface area (Å²) in [5.41, 5.74) is 0. The first-order valence-corrected chi connectivity index (χ1v) is 7.77. The van der Waals surface area contributed by atoms with Gasteiger partial charge in [0.1, 0.15) is 0 Å². The van der Waals surface area contributed by atoms with E-state index in [0.29, 0.717) is 0 Å². The van der Waals surface area contributed by atoms with Crippen molar-refractivity contribution in [2.75, 3.05) is 19.6 Å². The van der Waals surface area contributed by atoms with Crippen LogP contribution < -0.4 is 5.32 Å². The van der Waals surface area contributed by atoms with E-state index in [1.165, 1.54) is 64.6 Å². The van der Waals surface area contributed by atoms with Crippen molar-refractivity contribution in [3.8, 4) is 0 Å². The summed E-state index contributed by atoms with van der Waals surface area (Å²) in [4.78, 5) is 2.78. The highest BCUT2D eigenvalue weighted by Gasteiger charge is 2.25. The van der Waals surface area contributed by atoms with Gasteiger partial charge in [-0.25, -0.2) is 0 Å².